The van der Waals surface area contributed by atoms with Gasteiger partial charge in [0.05, 0.1) is 5.69 Å². The first-order valence-corrected chi connectivity index (χ1v) is 10.2. The van der Waals surface area contributed by atoms with Gasteiger partial charge in [0.15, 0.2) is 0 Å². The van der Waals surface area contributed by atoms with Crippen LogP contribution >= 0.6 is 0 Å². The normalized spacial score (nSPS) is 22.3. The van der Waals surface area contributed by atoms with E-state index in [2.05, 4.69) is 40.9 Å². The Morgan fingerprint density at radius 1 is 1.22 bits per heavy atom. The zero-order valence-electron chi connectivity index (χ0n) is 17.1. The number of carbonyl (C=O) groups excluding carboxylic acids is 1. The molecule has 0 saturated carbocycles. The van der Waals surface area contributed by atoms with Gasteiger partial charge in [0.25, 0.3) is 5.91 Å². The van der Waals surface area contributed by atoms with Crippen LogP contribution in [0.15, 0.2) is 12.1 Å². The molecule has 1 aromatic heterocycles. The molecule has 2 aliphatic heterocycles. The second-order valence-corrected chi connectivity index (χ2v) is 8.93. The molecule has 1 N–H and O–H groups in total. The molecule has 1 aromatic rings. The standard InChI is InChI=1S/C21H33FN4O/c1-5-23-20(27)17-6-7-18(19(22)24-17)25-12-9-16(10-13-25)26-11-8-15(14-26)21(2,3)4/h6-7,15-16H,5,8-14H2,1-4H3,(H,23,27). The molecule has 1 amide bonds. The fourth-order valence-electron chi connectivity index (χ4n) is 4.34. The predicted molar refractivity (Wildman–Crippen MR) is 107 cm³/mol. The highest BCUT2D eigenvalue weighted by atomic mass is 19.1. The molecule has 5 nitrogen and oxygen atoms in total. The second kappa shape index (κ2) is 8.13. The molecule has 150 valence electrons. The number of rotatable bonds is 4. The Balaban J connectivity index is 1.57. The summed E-state index contributed by atoms with van der Waals surface area (Å²) in [6, 6.07) is 3.90. The van der Waals surface area contributed by atoms with Crippen molar-refractivity contribution in [2.24, 2.45) is 11.3 Å². The van der Waals surface area contributed by atoms with Crippen molar-refractivity contribution in [2.45, 2.75) is 53.0 Å². The van der Waals surface area contributed by atoms with E-state index in [9.17, 15) is 9.18 Å². The second-order valence-electron chi connectivity index (χ2n) is 8.93. The molecule has 27 heavy (non-hydrogen) atoms. The Kier molecular flexibility index (Phi) is 6.04. The fraction of sp³-hybridized carbons (Fsp3) is 0.714. The average Bonchev–Trinajstić information content (AvgIpc) is 3.12. The van der Waals surface area contributed by atoms with Crippen molar-refractivity contribution in [1.82, 2.24) is 15.2 Å². The number of anilines is 1. The molecule has 0 aliphatic carbocycles. The summed E-state index contributed by atoms with van der Waals surface area (Å²) in [5.74, 6) is -0.116. The number of pyridine rings is 1. The molecule has 0 spiro atoms. The third kappa shape index (κ3) is 4.60. The van der Waals surface area contributed by atoms with E-state index >= 15 is 0 Å². The topological polar surface area (TPSA) is 48.5 Å². The Hall–Kier alpha value is -1.69. The molecule has 0 bridgehead atoms. The van der Waals surface area contributed by atoms with E-state index in [4.69, 9.17) is 0 Å². The number of piperidine rings is 1. The lowest BCUT2D eigenvalue weighted by atomic mass is 9.80. The van der Waals surface area contributed by atoms with E-state index in [0.717, 1.165) is 31.8 Å². The fourth-order valence-corrected chi connectivity index (χ4v) is 4.34. The van der Waals surface area contributed by atoms with Crippen molar-refractivity contribution in [1.29, 1.82) is 0 Å². The van der Waals surface area contributed by atoms with E-state index in [1.165, 1.54) is 19.5 Å². The van der Waals surface area contributed by atoms with Crippen LogP contribution in [-0.2, 0) is 0 Å². The number of hydrogen-bond donors (Lipinski definition) is 1. The summed E-state index contributed by atoms with van der Waals surface area (Å²) in [5.41, 5.74) is 1.02. The van der Waals surface area contributed by atoms with Crippen molar-refractivity contribution < 1.29 is 9.18 Å². The van der Waals surface area contributed by atoms with Gasteiger partial charge >= 0.3 is 0 Å². The van der Waals surface area contributed by atoms with Crippen LogP contribution in [0.2, 0.25) is 0 Å². The summed E-state index contributed by atoms with van der Waals surface area (Å²) >= 11 is 0. The van der Waals surface area contributed by atoms with Crippen molar-refractivity contribution in [2.75, 3.05) is 37.6 Å². The zero-order chi connectivity index (χ0) is 19.6. The number of likely N-dealkylation sites (tertiary alicyclic amines) is 1. The van der Waals surface area contributed by atoms with Crippen LogP contribution in [0.3, 0.4) is 0 Å². The van der Waals surface area contributed by atoms with Gasteiger partial charge in [-0.15, -0.1) is 0 Å². The van der Waals surface area contributed by atoms with Crippen molar-refractivity contribution in [3.8, 4) is 0 Å². The molecule has 1 unspecified atom stereocenters. The molecule has 3 heterocycles. The minimum atomic E-state index is -0.550. The van der Waals surface area contributed by atoms with E-state index in [1.807, 2.05) is 6.92 Å². The van der Waals surface area contributed by atoms with Gasteiger partial charge in [0.1, 0.15) is 5.69 Å². The molecule has 2 saturated heterocycles. The summed E-state index contributed by atoms with van der Waals surface area (Å²) in [6.07, 6.45) is 3.38. The van der Waals surface area contributed by atoms with Gasteiger partial charge < -0.3 is 10.2 Å². The first-order chi connectivity index (χ1) is 12.8. The summed E-state index contributed by atoms with van der Waals surface area (Å²) in [4.78, 5) is 20.4. The van der Waals surface area contributed by atoms with Gasteiger partial charge in [-0.2, -0.15) is 4.39 Å². The Morgan fingerprint density at radius 3 is 2.48 bits per heavy atom. The maximum absolute atomic E-state index is 14.5. The summed E-state index contributed by atoms with van der Waals surface area (Å²) < 4.78 is 14.5. The SMILES string of the molecule is CCNC(=O)c1ccc(N2CCC(N3CCC(C(C)(C)C)C3)CC2)c(F)n1. The van der Waals surface area contributed by atoms with Gasteiger partial charge in [-0.1, -0.05) is 20.8 Å². The van der Waals surface area contributed by atoms with Crippen molar-refractivity contribution >= 4 is 11.6 Å². The smallest absolute Gasteiger partial charge is 0.269 e. The summed E-state index contributed by atoms with van der Waals surface area (Å²) in [6.45, 7) is 13.4. The lowest BCUT2D eigenvalue weighted by Gasteiger charge is -2.38. The molecule has 2 fully saturated rings. The van der Waals surface area contributed by atoms with E-state index < -0.39 is 5.95 Å². The molecule has 0 radical (unpaired) electrons. The molecule has 0 aromatic carbocycles. The maximum atomic E-state index is 14.5. The van der Waals surface area contributed by atoms with Crippen LogP contribution in [0.1, 0.15) is 57.4 Å². The number of aromatic nitrogens is 1. The lowest BCUT2D eigenvalue weighted by Crippen LogP contribution is -2.44. The van der Waals surface area contributed by atoms with Crippen LogP contribution in [0, 0.1) is 17.3 Å². The minimum absolute atomic E-state index is 0.137. The molecular formula is C21H33FN4O. The minimum Gasteiger partial charge on any atom is -0.368 e. The summed E-state index contributed by atoms with van der Waals surface area (Å²) in [7, 11) is 0. The highest BCUT2D eigenvalue weighted by Crippen LogP contribution is 2.36. The Morgan fingerprint density at radius 2 is 1.93 bits per heavy atom. The first-order valence-electron chi connectivity index (χ1n) is 10.2. The quantitative estimate of drug-likeness (QED) is 0.819. The number of nitrogens with one attached hydrogen (secondary N) is 1. The third-order valence-electron chi connectivity index (χ3n) is 6.16. The molecular weight excluding hydrogens is 343 g/mol. The van der Waals surface area contributed by atoms with E-state index in [1.54, 1.807) is 12.1 Å². The largest absolute Gasteiger partial charge is 0.368 e. The number of hydrogen-bond acceptors (Lipinski definition) is 4. The van der Waals surface area contributed by atoms with E-state index in [0.29, 0.717) is 23.7 Å². The molecule has 3 rings (SSSR count). The number of halogens is 1. The zero-order valence-corrected chi connectivity index (χ0v) is 17.1. The highest BCUT2D eigenvalue weighted by molar-refractivity contribution is 5.92. The van der Waals surface area contributed by atoms with Crippen LogP contribution in [0.25, 0.3) is 0 Å². The number of nitrogens with zero attached hydrogens (tertiary/aromatic N) is 3. The van der Waals surface area contributed by atoms with Crippen molar-refractivity contribution in [3.05, 3.63) is 23.8 Å². The third-order valence-corrected chi connectivity index (χ3v) is 6.16. The lowest BCUT2D eigenvalue weighted by molar-refractivity contribution is 0.0949. The predicted octanol–water partition coefficient (Wildman–Crippen LogP) is 3.31. The average molecular weight is 377 g/mol. The first kappa shape index (κ1) is 20.1. The van der Waals surface area contributed by atoms with E-state index in [-0.39, 0.29) is 11.6 Å². The molecule has 2 aliphatic rings. The monoisotopic (exact) mass is 376 g/mol. The van der Waals surface area contributed by atoms with Gasteiger partial charge in [-0.25, -0.2) is 4.98 Å². The maximum Gasteiger partial charge on any atom is 0.269 e. The Bertz CT molecular complexity index is 665. The van der Waals surface area contributed by atoms with Gasteiger partial charge in [-0.05, 0) is 56.2 Å². The van der Waals surface area contributed by atoms with Crippen LogP contribution in [0.5, 0.6) is 0 Å². The van der Waals surface area contributed by atoms with Crippen LogP contribution in [0.4, 0.5) is 10.1 Å². The number of carbonyl (C=O) groups is 1. The highest BCUT2D eigenvalue weighted by Gasteiger charge is 2.36. The molecule has 1 atom stereocenters. The summed E-state index contributed by atoms with van der Waals surface area (Å²) in [5, 5.41) is 2.65. The van der Waals surface area contributed by atoms with Gasteiger partial charge in [0.2, 0.25) is 5.95 Å². The van der Waals surface area contributed by atoms with Crippen molar-refractivity contribution in [3.63, 3.8) is 0 Å². The molecule has 6 heteroatoms. The van der Waals surface area contributed by atoms with Crippen LogP contribution in [-0.4, -0.2) is 54.6 Å². The van der Waals surface area contributed by atoms with Gasteiger partial charge in [-0.3, -0.25) is 9.69 Å². The van der Waals surface area contributed by atoms with Gasteiger partial charge in [0, 0.05) is 32.2 Å². The number of amides is 1. The Labute approximate surface area is 162 Å². The van der Waals surface area contributed by atoms with Crippen LogP contribution < -0.4 is 10.2 Å².